The van der Waals surface area contributed by atoms with Crippen molar-refractivity contribution in [2.24, 2.45) is 7.05 Å². The second kappa shape index (κ2) is 10.0. The van der Waals surface area contributed by atoms with E-state index in [0.29, 0.717) is 29.0 Å². The number of hydrogen-bond acceptors (Lipinski definition) is 8. The fourth-order valence-electron chi connectivity index (χ4n) is 1.97. The van der Waals surface area contributed by atoms with E-state index in [-0.39, 0.29) is 0 Å². The minimum Gasteiger partial charge on any atom is -0.481 e. The lowest BCUT2D eigenvalue weighted by atomic mass is 10.2. The number of rotatable bonds is 6. The van der Waals surface area contributed by atoms with Crippen molar-refractivity contribution in [3.05, 3.63) is 41.0 Å². The normalized spacial score (nSPS) is 10.4. The van der Waals surface area contributed by atoms with Crippen LogP contribution in [-0.2, 0) is 24.1 Å². The maximum Gasteiger partial charge on any atom is 0.300 e. The molecule has 0 aliphatic rings. The van der Waals surface area contributed by atoms with E-state index in [0.717, 1.165) is 23.5 Å². The number of aliphatic carboxylic acids is 1. The average molecular weight is 411 g/mol. The maximum absolute atomic E-state index is 9.00. The molecule has 9 nitrogen and oxygen atoms in total. The van der Waals surface area contributed by atoms with E-state index in [4.69, 9.17) is 26.0 Å². The van der Waals surface area contributed by atoms with Gasteiger partial charge in [-0.15, -0.1) is 10.2 Å². The Morgan fingerprint density at radius 3 is 2.74 bits per heavy atom. The molecule has 2 N–H and O–H groups in total. The van der Waals surface area contributed by atoms with Crippen LogP contribution in [0.2, 0.25) is 5.02 Å². The second-order valence-electron chi connectivity index (χ2n) is 5.29. The van der Waals surface area contributed by atoms with E-state index in [1.165, 1.54) is 11.8 Å². The number of benzene rings is 1. The lowest BCUT2D eigenvalue weighted by molar-refractivity contribution is -0.134. The van der Waals surface area contributed by atoms with Gasteiger partial charge in [0.25, 0.3) is 5.97 Å². The smallest absolute Gasteiger partial charge is 0.300 e. The molecule has 144 valence electrons. The molecule has 0 fully saturated rings. The monoisotopic (exact) mass is 410 g/mol. The summed E-state index contributed by atoms with van der Waals surface area (Å²) < 4.78 is 7.22. The highest BCUT2D eigenvalue weighted by molar-refractivity contribution is 7.98. The predicted octanol–water partition coefficient (Wildman–Crippen LogP) is 2.62. The summed E-state index contributed by atoms with van der Waals surface area (Å²) in [7, 11) is 3.80. The lowest BCUT2D eigenvalue weighted by Gasteiger charge is -2.01. The summed E-state index contributed by atoms with van der Waals surface area (Å²) in [5, 5.41) is 24.1. The second-order valence-corrected chi connectivity index (χ2v) is 6.64. The topological polar surface area (TPSA) is 119 Å². The highest BCUT2D eigenvalue weighted by Gasteiger charge is 2.14. The molecule has 0 aliphatic carbocycles. The van der Waals surface area contributed by atoms with Crippen LogP contribution in [0.4, 0.5) is 0 Å². The quantitative estimate of drug-likeness (QED) is 0.591. The molecule has 0 aliphatic heterocycles. The molecule has 0 unspecified atom stereocenters. The molecule has 3 aromatic rings. The van der Waals surface area contributed by atoms with Gasteiger partial charge in [0.1, 0.15) is 5.82 Å². The average Bonchev–Trinajstić information content (AvgIpc) is 3.21. The van der Waals surface area contributed by atoms with Crippen molar-refractivity contribution < 1.29 is 14.4 Å². The van der Waals surface area contributed by atoms with Gasteiger partial charge in [-0.25, -0.2) is 0 Å². The molecular formula is C16H19ClN6O3S. The van der Waals surface area contributed by atoms with E-state index in [1.807, 2.05) is 36.9 Å². The Hall–Kier alpha value is -2.43. The van der Waals surface area contributed by atoms with Crippen LogP contribution >= 0.6 is 23.4 Å². The fraction of sp³-hybridized carbons (Fsp3) is 0.312. The highest BCUT2D eigenvalue weighted by atomic mass is 35.5. The highest BCUT2D eigenvalue weighted by Crippen LogP contribution is 2.26. The molecule has 3 rings (SSSR count). The third-order valence-corrected chi connectivity index (χ3v) is 4.50. The van der Waals surface area contributed by atoms with Gasteiger partial charge < -0.3 is 19.5 Å². The third kappa shape index (κ3) is 6.05. The Balaban J connectivity index is 0.000000596. The maximum atomic E-state index is 9.00. The van der Waals surface area contributed by atoms with E-state index >= 15 is 0 Å². The molecule has 0 spiro atoms. The molecular weight excluding hydrogens is 392 g/mol. The number of carboxylic acid groups (broad SMARTS) is 1. The van der Waals surface area contributed by atoms with E-state index in [2.05, 4.69) is 25.7 Å². The molecule has 0 radical (unpaired) electrons. The number of carbonyl (C=O) groups is 1. The molecule has 0 bridgehead atoms. The van der Waals surface area contributed by atoms with Gasteiger partial charge in [-0.3, -0.25) is 4.79 Å². The van der Waals surface area contributed by atoms with E-state index in [9.17, 15) is 0 Å². The van der Waals surface area contributed by atoms with Gasteiger partial charge >= 0.3 is 0 Å². The summed E-state index contributed by atoms with van der Waals surface area (Å²) >= 11 is 7.63. The first-order chi connectivity index (χ1) is 12.9. The Morgan fingerprint density at radius 2 is 2.07 bits per heavy atom. The molecule has 0 amide bonds. The van der Waals surface area contributed by atoms with Gasteiger partial charge in [0.05, 0.1) is 17.3 Å². The molecule has 0 atom stereocenters. The number of halogens is 1. The van der Waals surface area contributed by atoms with Crippen LogP contribution < -0.4 is 5.32 Å². The van der Waals surface area contributed by atoms with Crippen LogP contribution in [0.1, 0.15) is 18.6 Å². The first kappa shape index (κ1) is 20.9. The van der Waals surface area contributed by atoms with Gasteiger partial charge in [-0.2, -0.15) is 4.98 Å². The summed E-state index contributed by atoms with van der Waals surface area (Å²) in [4.78, 5) is 13.4. The molecule has 0 saturated heterocycles. The zero-order valence-electron chi connectivity index (χ0n) is 15.0. The summed E-state index contributed by atoms with van der Waals surface area (Å²) in [6, 6.07) is 7.40. The first-order valence-corrected chi connectivity index (χ1v) is 9.21. The minimum absolute atomic E-state index is 0.486. The van der Waals surface area contributed by atoms with Crippen molar-refractivity contribution in [1.82, 2.24) is 30.2 Å². The van der Waals surface area contributed by atoms with E-state index < -0.39 is 5.97 Å². The van der Waals surface area contributed by atoms with Crippen molar-refractivity contribution in [3.8, 4) is 11.4 Å². The van der Waals surface area contributed by atoms with Crippen LogP contribution in [0.5, 0.6) is 0 Å². The fourth-order valence-corrected chi connectivity index (χ4v) is 2.96. The lowest BCUT2D eigenvalue weighted by Crippen LogP contribution is -2.10. The molecule has 0 saturated carbocycles. The van der Waals surface area contributed by atoms with Crippen LogP contribution in [0.15, 0.2) is 33.9 Å². The van der Waals surface area contributed by atoms with Crippen molar-refractivity contribution in [2.45, 2.75) is 24.4 Å². The number of nitrogens with one attached hydrogen (secondary N) is 1. The molecule has 1 aromatic carbocycles. The van der Waals surface area contributed by atoms with Crippen LogP contribution in [-0.4, -0.2) is 43.0 Å². The number of carboxylic acids is 1. The summed E-state index contributed by atoms with van der Waals surface area (Å²) in [5.41, 5.74) is 0.754. The Bertz CT molecular complexity index is 894. The SMILES string of the molecule is CC(=O)O.CNCc1nnc(SCc2nc(-c3ccccc3Cl)no2)n1C. The minimum atomic E-state index is -0.833. The van der Waals surface area contributed by atoms with Gasteiger partial charge in [0, 0.05) is 19.5 Å². The Kier molecular flexibility index (Phi) is 7.77. The van der Waals surface area contributed by atoms with Gasteiger partial charge in [-0.1, -0.05) is 40.7 Å². The van der Waals surface area contributed by atoms with Gasteiger partial charge in [0.2, 0.25) is 11.7 Å². The predicted molar refractivity (Wildman–Crippen MR) is 101 cm³/mol. The Morgan fingerprint density at radius 1 is 1.37 bits per heavy atom. The summed E-state index contributed by atoms with van der Waals surface area (Å²) in [5.74, 6) is 1.56. The van der Waals surface area contributed by atoms with Crippen molar-refractivity contribution in [3.63, 3.8) is 0 Å². The van der Waals surface area contributed by atoms with Crippen LogP contribution in [0.25, 0.3) is 11.4 Å². The molecule has 2 aromatic heterocycles. The van der Waals surface area contributed by atoms with Crippen molar-refractivity contribution >= 4 is 29.3 Å². The van der Waals surface area contributed by atoms with Crippen molar-refractivity contribution in [1.29, 1.82) is 0 Å². The number of aromatic nitrogens is 5. The first-order valence-electron chi connectivity index (χ1n) is 7.85. The van der Waals surface area contributed by atoms with E-state index in [1.54, 1.807) is 6.07 Å². The van der Waals surface area contributed by atoms with Crippen LogP contribution in [0, 0.1) is 0 Å². The summed E-state index contributed by atoms with van der Waals surface area (Å²) in [6.45, 7) is 1.75. The third-order valence-electron chi connectivity index (χ3n) is 3.17. The number of thioether (sulfide) groups is 1. The van der Waals surface area contributed by atoms with Crippen LogP contribution in [0.3, 0.4) is 0 Å². The Labute approximate surface area is 165 Å². The standard InChI is InChI=1S/C14H15ClN6OS.C2H4O2/c1-16-7-11-18-19-14(21(11)2)23-8-12-17-13(20-22-12)9-5-3-4-6-10(9)15;1-2(3)4/h3-6,16H,7-8H2,1-2H3;1H3,(H,3,4). The number of nitrogens with zero attached hydrogens (tertiary/aromatic N) is 5. The zero-order valence-corrected chi connectivity index (χ0v) is 16.6. The molecule has 27 heavy (non-hydrogen) atoms. The summed E-state index contributed by atoms with van der Waals surface area (Å²) in [6.07, 6.45) is 0. The molecule has 2 heterocycles. The number of hydrogen-bond donors (Lipinski definition) is 2. The molecule has 11 heteroatoms. The van der Waals surface area contributed by atoms with Crippen molar-refractivity contribution in [2.75, 3.05) is 7.05 Å². The van der Waals surface area contributed by atoms with Gasteiger partial charge in [-0.05, 0) is 19.2 Å². The largest absolute Gasteiger partial charge is 0.481 e. The zero-order chi connectivity index (χ0) is 19.8. The van der Waals surface area contributed by atoms with Gasteiger partial charge in [0.15, 0.2) is 5.16 Å².